The third kappa shape index (κ3) is 2.35. The zero-order chi connectivity index (χ0) is 14.2. The Bertz CT molecular complexity index is 567. The van der Waals surface area contributed by atoms with Gasteiger partial charge in [0.1, 0.15) is 11.3 Å². The molecule has 3 N–H and O–H groups in total. The lowest BCUT2D eigenvalue weighted by Crippen LogP contribution is -2.25. The molecular weight excluding hydrogens is 254 g/mol. The van der Waals surface area contributed by atoms with Gasteiger partial charge in [-0.15, -0.1) is 0 Å². The number of rotatable bonds is 3. The average molecular weight is 265 g/mol. The number of aromatic hydroxyl groups is 1. The molecule has 1 aromatic rings. The maximum Gasteiger partial charge on any atom is 0.339 e. The molecule has 0 aromatic heterocycles. The number of amides is 1. The van der Waals surface area contributed by atoms with Crippen LogP contribution in [0.5, 0.6) is 5.75 Å². The molecule has 1 fully saturated rings. The zero-order valence-corrected chi connectivity index (χ0v) is 9.74. The molecule has 100 valence electrons. The summed E-state index contributed by atoms with van der Waals surface area (Å²) < 4.78 is 0. The van der Waals surface area contributed by atoms with E-state index < -0.39 is 23.6 Å². The number of anilines is 1. The van der Waals surface area contributed by atoms with Crippen molar-refractivity contribution in [1.82, 2.24) is 0 Å². The highest BCUT2D eigenvalue weighted by Gasteiger charge is 2.35. The average Bonchev–Trinajstić information content (AvgIpc) is 2.72. The van der Waals surface area contributed by atoms with Crippen LogP contribution in [0.3, 0.4) is 0 Å². The second-order valence-corrected chi connectivity index (χ2v) is 4.25. The van der Waals surface area contributed by atoms with Crippen LogP contribution < -0.4 is 4.90 Å². The number of phenols is 1. The fraction of sp³-hybridized carbons (Fsp3) is 0.250. The topological polar surface area (TPSA) is 115 Å². The molecule has 7 nitrogen and oxygen atoms in total. The fourth-order valence-electron chi connectivity index (χ4n) is 1.99. The molecule has 0 unspecified atom stereocenters. The lowest BCUT2D eigenvalue weighted by molar-refractivity contribution is -0.141. The first-order chi connectivity index (χ1) is 8.90. The first-order valence-corrected chi connectivity index (χ1v) is 5.49. The Morgan fingerprint density at radius 2 is 1.95 bits per heavy atom. The van der Waals surface area contributed by atoms with Gasteiger partial charge in [-0.1, -0.05) is 0 Å². The van der Waals surface area contributed by atoms with E-state index in [4.69, 9.17) is 10.2 Å². The van der Waals surface area contributed by atoms with Gasteiger partial charge in [-0.3, -0.25) is 9.59 Å². The highest BCUT2D eigenvalue weighted by atomic mass is 16.4. The molecule has 1 amide bonds. The van der Waals surface area contributed by atoms with Crippen molar-refractivity contribution in [2.24, 2.45) is 5.92 Å². The summed E-state index contributed by atoms with van der Waals surface area (Å²) in [6.07, 6.45) is -0.112. The van der Waals surface area contributed by atoms with Crippen molar-refractivity contribution in [3.05, 3.63) is 23.8 Å². The number of hydrogen-bond acceptors (Lipinski definition) is 4. The van der Waals surface area contributed by atoms with Crippen LogP contribution in [0, 0.1) is 5.92 Å². The first kappa shape index (κ1) is 12.9. The van der Waals surface area contributed by atoms with Crippen LogP contribution in [0.2, 0.25) is 0 Å². The number of aliphatic carboxylic acids is 1. The van der Waals surface area contributed by atoms with Crippen LogP contribution in [0.25, 0.3) is 0 Å². The maximum absolute atomic E-state index is 11.7. The SMILES string of the molecule is O=C(O)c1cc(N2C[C@@H](C(=O)O)CC2=O)ccc1O. The van der Waals surface area contributed by atoms with E-state index in [0.29, 0.717) is 0 Å². The van der Waals surface area contributed by atoms with E-state index in [0.717, 1.165) is 6.07 Å². The Morgan fingerprint density at radius 1 is 1.26 bits per heavy atom. The van der Waals surface area contributed by atoms with E-state index in [9.17, 15) is 19.5 Å². The molecule has 19 heavy (non-hydrogen) atoms. The van der Waals surface area contributed by atoms with Crippen molar-refractivity contribution in [3.63, 3.8) is 0 Å². The van der Waals surface area contributed by atoms with Crippen molar-refractivity contribution < 1.29 is 29.7 Å². The van der Waals surface area contributed by atoms with Gasteiger partial charge >= 0.3 is 11.9 Å². The summed E-state index contributed by atoms with van der Waals surface area (Å²) in [4.78, 5) is 34.6. The van der Waals surface area contributed by atoms with Crippen LogP contribution in [0.4, 0.5) is 5.69 Å². The number of benzene rings is 1. The number of carbonyl (C=O) groups excluding carboxylic acids is 1. The summed E-state index contributed by atoms with van der Waals surface area (Å²) in [5.74, 6) is -3.96. The summed E-state index contributed by atoms with van der Waals surface area (Å²) in [7, 11) is 0. The van der Waals surface area contributed by atoms with Crippen molar-refractivity contribution in [2.75, 3.05) is 11.4 Å². The van der Waals surface area contributed by atoms with Crippen molar-refractivity contribution in [2.45, 2.75) is 6.42 Å². The number of carboxylic acids is 2. The molecule has 7 heteroatoms. The van der Waals surface area contributed by atoms with E-state index in [-0.39, 0.29) is 30.1 Å². The van der Waals surface area contributed by atoms with Crippen molar-refractivity contribution in [3.8, 4) is 5.75 Å². The highest BCUT2D eigenvalue weighted by molar-refractivity contribution is 6.00. The molecule has 1 saturated heterocycles. The van der Waals surface area contributed by atoms with Gasteiger partial charge in [0.2, 0.25) is 5.91 Å². The smallest absolute Gasteiger partial charge is 0.339 e. The maximum atomic E-state index is 11.7. The summed E-state index contributed by atoms with van der Waals surface area (Å²) in [6.45, 7) is -0.00198. The normalized spacial score (nSPS) is 18.6. The van der Waals surface area contributed by atoms with Crippen LogP contribution >= 0.6 is 0 Å². The number of carbonyl (C=O) groups is 3. The summed E-state index contributed by atoms with van der Waals surface area (Å²) in [5, 5.41) is 27.1. The Labute approximate surface area is 107 Å². The lowest BCUT2D eigenvalue weighted by atomic mass is 10.1. The van der Waals surface area contributed by atoms with Crippen LogP contribution in [0.15, 0.2) is 18.2 Å². The van der Waals surface area contributed by atoms with Gasteiger partial charge in [0, 0.05) is 18.7 Å². The van der Waals surface area contributed by atoms with E-state index in [1.165, 1.54) is 17.0 Å². The summed E-state index contributed by atoms with van der Waals surface area (Å²) in [5.41, 5.74) is -0.0620. The van der Waals surface area contributed by atoms with Gasteiger partial charge in [0.05, 0.1) is 5.92 Å². The van der Waals surface area contributed by atoms with E-state index in [1.54, 1.807) is 0 Å². The van der Waals surface area contributed by atoms with Gasteiger partial charge in [-0.05, 0) is 18.2 Å². The second kappa shape index (κ2) is 4.60. The minimum absolute atomic E-state index is 0.00198. The summed E-state index contributed by atoms with van der Waals surface area (Å²) in [6, 6.07) is 3.70. The third-order valence-corrected chi connectivity index (χ3v) is 3.00. The molecule has 2 rings (SSSR count). The predicted octanol–water partition coefficient (Wildman–Crippen LogP) is 0.528. The molecule has 1 aliphatic rings. The monoisotopic (exact) mass is 265 g/mol. The minimum atomic E-state index is -1.32. The van der Waals surface area contributed by atoms with Gasteiger partial charge in [-0.2, -0.15) is 0 Å². The van der Waals surface area contributed by atoms with Crippen LogP contribution in [-0.4, -0.2) is 39.7 Å². The predicted molar refractivity (Wildman–Crippen MR) is 63.2 cm³/mol. The lowest BCUT2D eigenvalue weighted by Gasteiger charge is -2.16. The van der Waals surface area contributed by atoms with E-state index in [1.807, 2.05) is 0 Å². The quantitative estimate of drug-likeness (QED) is 0.734. The molecule has 1 aliphatic heterocycles. The zero-order valence-electron chi connectivity index (χ0n) is 9.74. The standard InChI is InChI=1S/C12H11NO6/c14-9-2-1-7(4-8(9)12(18)19)13-5-6(11(16)17)3-10(13)15/h1-2,4,6,14H,3,5H2,(H,16,17)(H,18,19)/t6-/m0/s1. The Morgan fingerprint density at radius 3 is 2.47 bits per heavy atom. The molecule has 0 bridgehead atoms. The van der Waals surface area contributed by atoms with Crippen molar-refractivity contribution >= 4 is 23.5 Å². The van der Waals surface area contributed by atoms with Gasteiger partial charge < -0.3 is 20.2 Å². The first-order valence-electron chi connectivity index (χ1n) is 5.49. The summed E-state index contributed by atoms with van der Waals surface area (Å²) >= 11 is 0. The van der Waals surface area contributed by atoms with Gasteiger partial charge in [-0.25, -0.2) is 4.79 Å². The Hall–Kier alpha value is -2.57. The molecule has 1 atom stereocenters. The largest absolute Gasteiger partial charge is 0.507 e. The third-order valence-electron chi connectivity index (χ3n) is 3.00. The Balaban J connectivity index is 2.33. The van der Waals surface area contributed by atoms with Crippen LogP contribution in [-0.2, 0) is 9.59 Å². The Kier molecular flexibility index (Phi) is 3.12. The number of hydrogen-bond donors (Lipinski definition) is 3. The molecule has 1 heterocycles. The highest BCUT2D eigenvalue weighted by Crippen LogP contribution is 2.29. The van der Waals surface area contributed by atoms with E-state index >= 15 is 0 Å². The molecular formula is C12H11NO6. The van der Waals surface area contributed by atoms with E-state index in [2.05, 4.69) is 0 Å². The fourth-order valence-corrected chi connectivity index (χ4v) is 1.99. The molecule has 0 aliphatic carbocycles. The van der Waals surface area contributed by atoms with Crippen LogP contribution in [0.1, 0.15) is 16.8 Å². The number of nitrogens with zero attached hydrogens (tertiary/aromatic N) is 1. The molecule has 0 spiro atoms. The number of aromatic carboxylic acids is 1. The van der Waals surface area contributed by atoms with Gasteiger partial charge in [0.25, 0.3) is 0 Å². The number of carboxylic acid groups (broad SMARTS) is 2. The minimum Gasteiger partial charge on any atom is -0.507 e. The molecule has 0 radical (unpaired) electrons. The van der Waals surface area contributed by atoms with Gasteiger partial charge in [0.15, 0.2) is 0 Å². The molecule has 1 aromatic carbocycles. The second-order valence-electron chi connectivity index (χ2n) is 4.25. The van der Waals surface area contributed by atoms with Crippen molar-refractivity contribution in [1.29, 1.82) is 0 Å². The molecule has 0 saturated carbocycles.